The van der Waals surface area contributed by atoms with Crippen LogP contribution in [0.15, 0.2) is 18.2 Å². The van der Waals surface area contributed by atoms with Crippen molar-refractivity contribution in [1.82, 2.24) is 0 Å². The molecule has 6 heteroatoms. The second-order valence-corrected chi connectivity index (χ2v) is 3.36. The van der Waals surface area contributed by atoms with Gasteiger partial charge in [-0.2, -0.15) is 0 Å². The van der Waals surface area contributed by atoms with Gasteiger partial charge >= 0.3 is 5.97 Å². The molecule has 0 bridgehead atoms. The van der Waals surface area contributed by atoms with Crippen LogP contribution in [0.25, 0.3) is 0 Å². The minimum atomic E-state index is -0.503. The fourth-order valence-corrected chi connectivity index (χ4v) is 1.24. The van der Waals surface area contributed by atoms with Gasteiger partial charge < -0.3 is 26.0 Å². The summed E-state index contributed by atoms with van der Waals surface area (Å²) in [5.74, 6) is -0.503. The van der Waals surface area contributed by atoms with E-state index in [4.69, 9.17) is 26.0 Å². The van der Waals surface area contributed by atoms with Crippen molar-refractivity contribution in [2.24, 2.45) is 0 Å². The fourth-order valence-electron chi connectivity index (χ4n) is 1.24. The van der Waals surface area contributed by atoms with E-state index in [1.165, 1.54) is 12.1 Å². The van der Waals surface area contributed by atoms with Crippen molar-refractivity contribution in [3.8, 4) is 0 Å². The number of hydrogen-bond acceptors (Lipinski definition) is 6. The molecule has 0 aliphatic heterocycles. The van der Waals surface area contributed by atoms with Crippen LogP contribution < -0.4 is 11.5 Å². The van der Waals surface area contributed by atoms with Gasteiger partial charge in [0.05, 0.1) is 25.4 Å². The van der Waals surface area contributed by atoms with Gasteiger partial charge in [-0.15, -0.1) is 0 Å². The van der Waals surface area contributed by atoms with Crippen LogP contribution in [0.5, 0.6) is 0 Å². The molecule has 0 aliphatic carbocycles. The number of ether oxygens (including phenoxy) is 2. The van der Waals surface area contributed by atoms with Crippen molar-refractivity contribution in [3.63, 3.8) is 0 Å². The summed E-state index contributed by atoms with van der Waals surface area (Å²) in [6, 6.07) is 4.54. The lowest BCUT2D eigenvalue weighted by molar-refractivity contribution is 0.0258. The smallest absolute Gasteiger partial charge is 0.338 e. The van der Waals surface area contributed by atoms with Gasteiger partial charge in [0.15, 0.2) is 0 Å². The van der Waals surface area contributed by atoms with Gasteiger partial charge in [-0.25, -0.2) is 4.79 Å². The average Bonchev–Trinajstić information content (AvgIpc) is 2.27. The van der Waals surface area contributed by atoms with Crippen molar-refractivity contribution in [2.45, 2.75) is 0 Å². The standard InChI is InChI=1S/C11H16N2O4/c12-9-5-8(6-10(13)7-9)11(15)17-4-3-16-2-1-14/h5-7,14H,1-4,12-13H2. The largest absolute Gasteiger partial charge is 0.460 e. The van der Waals surface area contributed by atoms with Crippen LogP contribution in [0, 0.1) is 0 Å². The molecule has 6 nitrogen and oxygen atoms in total. The molecule has 1 rings (SSSR count). The number of esters is 1. The maximum Gasteiger partial charge on any atom is 0.338 e. The monoisotopic (exact) mass is 240 g/mol. The topological polar surface area (TPSA) is 108 Å². The van der Waals surface area contributed by atoms with Gasteiger partial charge in [0.2, 0.25) is 0 Å². The van der Waals surface area contributed by atoms with Crippen LogP contribution in [0.3, 0.4) is 0 Å². The average molecular weight is 240 g/mol. The third kappa shape index (κ3) is 4.71. The molecule has 17 heavy (non-hydrogen) atoms. The number of carbonyl (C=O) groups excluding carboxylic acids is 1. The van der Waals surface area contributed by atoms with Crippen molar-refractivity contribution < 1.29 is 19.4 Å². The van der Waals surface area contributed by atoms with Crippen LogP contribution >= 0.6 is 0 Å². The summed E-state index contributed by atoms with van der Waals surface area (Å²) >= 11 is 0. The van der Waals surface area contributed by atoms with Crippen LogP contribution in [0.2, 0.25) is 0 Å². The lowest BCUT2D eigenvalue weighted by Crippen LogP contribution is -2.12. The number of carbonyl (C=O) groups is 1. The third-order valence-electron chi connectivity index (χ3n) is 1.91. The van der Waals surface area contributed by atoms with E-state index in [1.807, 2.05) is 0 Å². The molecule has 0 fully saturated rings. The molecule has 0 saturated heterocycles. The Bertz CT molecular complexity index is 361. The normalized spacial score (nSPS) is 10.2. The van der Waals surface area contributed by atoms with Crippen molar-refractivity contribution >= 4 is 17.3 Å². The summed E-state index contributed by atoms with van der Waals surface area (Å²) in [6.07, 6.45) is 0. The Kier molecular flexibility index (Phi) is 5.25. The lowest BCUT2D eigenvalue weighted by atomic mass is 10.2. The lowest BCUT2D eigenvalue weighted by Gasteiger charge is -2.06. The molecule has 1 aromatic rings. The molecule has 0 heterocycles. The van der Waals surface area contributed by atoms with Gasteiger partial charge in [-0.05, 0) is 18.2 Å². The maximum atomic E-state index is 11.5. The third-order valence-corrected chi connectivity index (χ3v) is 1.91. The van der Waals surface area contributed by atoms with E-state index in [0.717, 1.165) is 0 Å². The highest BCUT2D eigenvalue weighted by atomic mass is 16.6. The Labute approximate surface area is 99.1 Å². The number of aliphatic hydroxyl groups is 1. The number of benzene rings is 1. The van der Waals surface area contributed by atoms with E-state index in [0.29, 0.717) is 16.9 Å². The first kappa shape index (κ1) is 13.3. The Balaban J connectivity index is 2.41. The Morgan fingerprint density at radius 1 is 1.12 bits per heavy atom. The first-order chi connectivity index (χ1) is 8.13. The van der Waals surface area contributed by atoms with Gasteiger partial charge in [0, 0.05) is 11.4 Å². The summed E-state index contributed by atoms with van der Waals surface area (Å²) in [4.78, 5) is 11.5. The predicted molar refractivity (Wildman–Crippen MR) is 63.5 cm³/mol. The molecule has 0 aliphatic rings. The highest BCUT2D eigenvalue weighted by Crippen LogP contribution is 2.14. The number of anilines is 2. The van der Waals surface area contributed by atoms with E-state index in [1.54, 1.807) is 6.07 Å². The molecule has 0 spiro atoms. The summed E-state index contributed by atoms with van der Waals surface area (Å²) in [7, 11) is 0. The number of hydrogen-bond donors (Lipinski definition) is 3. The number of aliphatic hydroxyl groups excluding tert-OH is 1. The van der Waals surface area contributed by atoms with E-state index in [9.17, 15) is 4.79 Å². The maximum absolute atomic E-state index is 11.5. The molecule has 0 amide bonds. The van der Waals surface area contributed by atoms with Gasteiger partial charge in [0.1, 0.15) is 6.61 Å². The second kappa shape index (κ2) is 6.72. The van der Waals surface area contributed by atoms with Gasteiger partial charge in [-0.3, -0.25) is 0 Å². The van der Waals surface area contributed by atoms with Crippen LogP contribution in [0.1, 0.15) is 10.4 Å². The van der Waals surface area contributed by atoms with E-state index in [2.05, 4.69) is 0 Å². The molecule has 0 atom stereocenters. The molecule has 0 unspecified atom stereocenters. The Morgan fingerprint density at radius 2 is 1.76 bits per heavy atom. The Hall–Kier alpha value is -1.79. The van der Waals surface area contributed by atoms with E-state index >= 15 is 0 Å². The van der Waals surface area contributed by atoms with Crippen molar-refractivity contribution in [1.29, 1.82) is 0 Å². The zero-order chi connectivity index (χ0) is 12.7. The Morgan fingerprint density at radius 3 is 2.35 bits per heavy atom. The molecule has 5 N–H and O–H groups in total. The second-order valence-electron chi connectivity index (χ2n) is 3.36. The summed E-state index contributed by atoms with van der Waals surface area (Å²) in [5.41, 5.74) is 12.2. The quantitative estimate of drug-likeness (QED) is 0.367. The van der Waals surface area contributed by atoms with Crippen molar-refractivity contribution in [3.05, 3.63) is 23.8 Å². The minimum absolute atomic E-state index is 0.0559. The molecule has 0 saturated carbocycles. The van der Waals surface area contributed by atoms with Gasteiger partial charge in [-0.1, -0.05) is 0 Å². The SMILES string of the molecule is Nc1cc(N)cc(C(=O)OCCOCCO)c1. The molecule has 0 radical (unpaired) electrons. The first-order valence-corrected chi connectivity index (χ1v) is 5.15. The summed E-state index contributed by atoms with van der Waals surface area (Å²) in [5, 5.41) is 8.45. The van der Waals surface area contributed by atoms with Crippen LogP contribution in [-0.2, 0) is 9.47 Å². The molecule has 94 valence electrons. The van der Waals surface area contributed by atoms with Crippen LogP contribution in [0.4, 0.5) is 11.4 Å². The minimum Gasteiger partial charge on any atom is -0.460 e. The number of nitrogens with two attached hydrogens (primary N) is 2. The van der Waals surface area contributed by atoms with E-state index < -0.39 is 5.97 Å². The summed E-state index contributed by atoms with van der Waals surface area (Å²) < 4.78 is 9.87. The molecular formula is C11H16N2O4. The summed E-state index contributed by atoms with van der Waals surface area (Å²) in [6.45, 7) is 0.528. The molecule has 1 aromatic carbocycles. The number of nitrogen functional groups attached to an aromatic ring is 2. The number of rotatable bonds is 6. The zero-order valence-electron chi connectivity index (χ0n) is 9.39. The highest BCUT2D eigenvalue weighted by Gasteiger charge is 2.08. The predicted octanol–water partition coefficient (Wildman–Crippen LogP) is 0.0167. The molecule has 0 aromatic heterocycles. The van der Waals surface area contributed by atoms with Crippen molar-refractivity contribution in [2.75, 3.05) is 37.9 Å². The fraction of sp³-hybridized carbons (Fsp3) is 0.364. The molecular weight excluding hydrogens is 224 g/mol. The van der Waals surface area contributed by atoms with Gasteiger partial charge in [0.25, 0.3) is 0 Å². The highest BCUT2D eigenvalue weighted by molar-refractivity contribution is 5.91. The first-order valence-electron chi connectivity index (χ1n) is 5.15. The van der Waals surface area contributed by atoms with E-state index in [-0.39, 0.29) is 26.4 Å². The zero-order valence-corrected chi connectivity index (χ0v) is 9.39. The van der Waals surface area contributed by atoms with Crippen LogP contribution in [-0.4, -0.2) is 37.5 Å².